The van der Waals surface area contributed by atoms with Crippen LogP contribution in [-0.2, 0) is 28.6 Å². The standard InChI is InChI=1S/C58H112O6/c1-4-7-10-13-16-19-20-21-22-23-24-25-26-27-28-29-30-31-32-33-34-35-36-37-38-40-42-45-48-51-57(60)63-54-55(53-62-56(59)50-47-44-41-18-15-12-9-6-3)64-58(61)52-49-46-43-39-17-14-11-8-5-2/h55H,4-54H2,1-3H3. The van der Waals surface area contributed by atoms with Crippen molar-refractivity contribution in [2.24, 2.45) is 0 Å². The molecule has 0 rings (SSSR count). The topological polar surface area (TPSA) is 78.9 Å². The number of rotatable bonds is 54. The van der Waals surface area contributed by atoms with E-state index in [4.69, 9.17) is 14.2 Å². The fourth-order valence-corrected chi connectivity index (χ4v) is 8.98. The fourth-order valence-electron chi connectivity index (χ4n) is 8.98. The first kappa shape index (κ1) is 62.4. The second-order valence-electron chi connectivity index (χ2n) is 19.9. The quantitative estimate of drug-likeness (QED) is 0.0344. The Bertz CT molecular complexity index is 951. The molecule has 0 spiro atoms. The van der Waals surface area contributed by atoms with Crippen LogP contribution in [0.25, 0.3) is 0 Å². The van der Waals surface area contributed by atoms with E-state index < -0.39 is 6.10 Å². The zero-order chi connectivity index (χ0) is 46.5. The van der Waals surface area contributed by atoms with Gasteiger partial charge in [-0.2, -0.15) is 0 Å². The van der Waals surface area contributed by atoms with Gasteiger partial charge in [0, 0.05) is 19.3 Å². The van der Waals surface area contributed by atoms with E-state index in [0.29, 0.717) is 19.3 Å². The van der Waals surface area contributed by atoms with Crippen LogP contribution in [0.1, 0.15) is 335 Å². The molecule has 0 bridgehead atoms. The van der Waals surface area contributed by atoms with Gasteiger partial charge in [-0.1, -0.05) is 297 Å². The minimum absolute atomic E-state index is 0.0626. The van der Waals surface area contributed by atoms with Gasteiger partial charge in [0.1, 0.15) is 13.2 Å². The second kappa shape index (κ2) is 54.0. The van der Waals surface area contributed by atoms with Crippen LogP contribution in [0.4, 0.5) is 0 Å². The van der Waals surface area contributed by atoms with E-state index >= 15 is 0 Å². The van der Waals surface area contributed by atoms with E-state index in [1.54, 1.807) is 0 Å². The van der Waals surface area contributed by atoms with Crippen molar-refractivity contribution in [1.82, 2.24) is 0 Å². The number of hydrogen-bond acceptors (Lipinski definition) is 6. The summed E-state index contributed by atoms with van der Waals surface area (Å²) in [5, 5.41) is 0. The lowest BCUT2D eigenvalue weighted by molar-refractivity contribution is -0.167. The van der Waals surface area contributed by atoms with Gasteiger partial charge in [-0.25, -0.2) is 0 Å². The maximum atomic E-state index is 12.7. The molecule has 0 aromatic rings. The molecule has 1 unspecified atom stereocenters. The van der Waals surface area contributed by atoms with Crippen LogP contribution in [0, 0.1) is 0 Å². The van der Waals surface area contributed by atoms with E-state index in [-0.39, 0.29) is 31.1 Å². The number of ether oxygens (including phenoxy) is 3. The van der Waals surface area contributed by atoms with Gasteiger partial charge in [0.2, 0.25) is 0 Å². The van der Waals surface area contributed by atoms with Crippen LogP contribution in [0.3, 0.4) is 0 Å². The number of carbonyl (C=O) groups excluding carboxylic acids is 3. The summed E-state index contributed by atoms with van der Waals surface area (Å²) in [6, 6.07) is 0. The summed E-state index contributed by atoms with van der Waals surface area (Å²) < 4.78 is 16.7. The molecule has 0 aliphatic carbocycles. The Balaban J connectivity index is 3.91. The summed E-state index contributed by atoms with van der Waals surface area (Å²) >= 11 is 0. The summed E-state index contributed by atoms with van der Waals surface area (Å²) in [5.74, 6) is -0.849. The molecule has 0 fully saturated rings. The van der Waals surface area contributed by atoms with Crippen molar-refractivity contribution >= 4 is 17.9 Å². The highest BCUT2D eigenvalue weighted by molar-refractivity contribution is 5.71. The Morgan fingerprint density at radius 2 is 0.422 bits per heavy atom. The molecule has 64 heavy (non-hydrogen) atoms. The summed E-state index contributed by atoms with van der Waals surface area (Å²) in [6.07, 6.45) is 60.0. The van der Waals surface area contributed by atoms with Crippen LogP contribution in [0.5, 0.6) is 0 Å². The second-order valence-corrected chi connectivity index (χ2v) is 19.9. The number of esters is 3. The monoisotopic (exact) mass is 905 g/mol. The van der Waals surface area contributed by atoms with Gasteiger partial charge < -0.3 is 14.2 Å². The molecule has 6 heteroatoms. The summed E-state index contributed by atoms with van der Waals surface area (Å²) in [5.41, 5.74) is 0. The maximum absolute atomic E-state index is 12.7. The predicted molar refractivity (Wildman–Crippen MR) is 275 cm³/mol. The lowest BCUT2D eigenvalue weighted by atomic mass is 10.0. The Kier molecular flexibility index (Phi) is 52.7. The number of unbranched alkanes of at least 4 members (excludes halogenated alkanes) is 43. The lowest BCUT2D eigenvalue weighted by Crippen LogP contribution is -2.30. The van der Waals surface area contributed by atoms with Gasteiger partial charge in [0.05, 0.1) is 0 Å². The molecule has 0 saturated carbocycles. The molecular weight excluding hydrogens is 793 g/mol. The number of hydrogen-bond donors (Lipinski definition) is 0. The van der Waals surface area contributed by atoms with E-state index in [0.717, 1.165) is 57.8 Å². The lowest BCUT2D eigenvalue weighted by Gasteiger charge is -2.18. The molecule has 0 aromatic heterocycles. The molecule has 0 aromatic carbocycles. The molecule has 0 aliphatic heterocycles. The first-order chi connectivity index (χ1) is 31.5. The number of carbonyl (C=O) groups is 3. The van der Waals surface area contributed by atoms with Crippen LogP contribution < -0.4 is 0 Å². The van der Waals surface area contributed by atoms with Gasteiger partial charge in [-0.3, -0.25) is 14.4 Å². The van der Waals surface area contributed by atoms with Crippen molar-refractivity contribution in [2.75, 3.05) is 13.2 Å². The summed E-state index contributed by atoms with van der Waals surface area (Å²) in [6.45, 7) is 6.64. The van der Waals surface area contributed by atoms with Crippen LogP contribution in [0.15, 0.2) is 0 Å². The van der Waals surface area contributed by atoms with Gasteiger partial charge >= 0.3 is 17.9 Å². The zero-order valence-corrected chi connectivity index (χ0v) is 43.6. The van der Waals surface area contributed by atoms with Gasteiger partial charge in [0.15, 0.2) is 6.10 Å². The molecule has 0 heterocycles. The molecule has 0 amide bonds. The minimum atomic E-state index is -0.758. The van der Waals surface area contributed by atoms with E-state index in [1.165, 1.54) is 238 Å². The van der Waals surface area contributed by atoms with Crippen molar-refractivity contribution in [3.8, 4) is 0 Å². The smallest absolute Gasteiger partial charge is 0.306 e. The minimum Gasteiger partial charge on any atom is -0.462 e. The van der Waals surface area contributed by atoms with Crippen molar-refractivity contribution < 1.29 is 28.6 Å². The summed E-state index contributed by atoms with van der Waals surface area (Å²) in [7, 11) is 0. The molecule has 6 nitrogen and oxygen atoms in total. The highest BCUT2D eigenvalue weighted by atomic mass is 16.6. The predicted octanol–water partition coefficient (Wildman–Crippen LogP) is 19.2. The van der Waals surface area contributed by atoms with Crippen LogP contribution >= 0.6 is 0 Å². The van der Waals surface area contributed by atoms with Crippen molar-refractivity contribution in [1.29, 1.82) is 0 Å². The third-order valence-electron chi connectivity index (χ3n) is 13.4. The molecule has 380 valence electrons. The molecule has 0 saturated heterocycles. The first-order valence-electron chi connectivity index (χ1n) is 29.0. The Morgan fingerprint density at radius 3 is 0.625 bits per heavy atom. The van der Waals surface area contributed by atoms with E-state index in [9.17, 15) is 14.4 Å². The molecule has 0 N–H and O–H groups in total. The van der Waals surface area contributed by atoms with Gasteiger partial charge in [0.25, 0.3) is 0 Å². The average molecular weight is 906 g/mol. The average Bonchev–Trinajstić information content (AvgIpc) is 3.29. The van der Waals surface area contributed by atoms with Crippen LogP contribution in [0.2, 0.25) is 0 Å². The van der Waals surface area contributed by atoms with Crippen molar-refractivity contribution in [3.05, 3.63) is 0 Å². The fraction of sp³-hybridized carbons (Fsp3) is 0.948. The van der Waals surface area contributed by atoms with Crippen molar-refractivity contribution in [2.45, 2.75) is 341 Å². The summed E-state index contributed by atoms with van der Waals surface area (Å²) in [4.78, 5) is 37.8. The Hall–Kier alpha value is -1.59. The van der Waals surface area contributed by atoms with Crippen LogP contribution in [-0.4, -0.2) is 37.2 Å². The van der Waals surface area contributed by atoms with Gasteiger partial charge in [-0.15, -0.1) is 0 Å². The van der Waals surface area contributed by atoms with Gasteiger partial charge in [-0.05, 0) is 19.3 Å². The SMILES string of the molecule is CCCCCCCCCCCCCCCCCCCCCCCCCCCCCCCC(=O)OCC(COC(=O)CCCCCCCCCC)OC(=O)CCCCCCCCCCC. The molecule has 0 radical (unpaired) electrons. The zero-order valence-electron chi connectivity index (χ0n) is 43.6. The van der Waals surface area contributed by atoms with E-state index in [1.807, 2.05) is 0 Å². The third kappa shape index (κ3) is 51.4. The van der Waals surface area contributed by atoms with E-state index in [2.05, 4.69) is 20.8 Å². The Morgan fingerprint density at radius 1 is 0.250 bits per heavy atom. The largest absolute Gasteiger partial charge is 0.462 e. The highest BCUT2D eigenvalue weighted by Gasteiger charge is 2.19. The maximum Gasteiger partial charge on any atom is 0.306 e. The highest BCUT2D eigenvalue weighted by Crippen LogP contribution is 2.18. The molecule has 1 atom stereocenters. The Labute approximate surface area is 399 Å². The first-order valence-corrected chi connectivity index (χ1v) is 29.0. The van der Waals surface area contributed by atoms with Crippen molar-refractivity contribution in [3.63, 3.8) is 0 Å². The molecule has 0 aliphatic rings. The molecular formula is C58H112O6. The normalized spacial score (nSPS) is 11.9. The third-order valence-corrected chi connectivity index (χ3v) is 13.4.